The van der Waals surface area contributed by atoms with E-state index >= 15 is 0 Å². The number of anilines is 2. The number of unbranched alkanes of at least 4 members (excludes halogenated alkanes) is 2. The minimum atomic E-state index is -0.416. The fourth-order valence-corrected chi connectivity index (χ4v) is 4.02. The zero-order chi connectivity index (χ0) is 19.2. The van der Waals surface area contributed by atoms with Crippen molar-refractivity contribution in [3.05, 3.63) is 28.3 Å². The van der Waals surface area contributed by atoms with Gasteiger partial charge in [-0.25, -0.2) is 0 Å². The molecule has 0 bridgehead atoms. The first-order valence-corrected chi connectivity index (χ1v) is 10.1. The van der Waals surface area contributed by atoms with Crippen LogP contribution in [0.4, 0.5) is 17.1 Å². The molecule has 8 heteroatoms. The monoisotopic (exact) mass is 454 g/mol. The lowest BCUT2D eigenvalue weighted by molar-refractivity contribution is -0.384. The maximum atomic E-state index is 12.3. The Morgan fingerprint density at radius 3 is 2.36 bits per heavy atom. The first kappa shape index (κ1) is 22.6. The Morgan fingerprint density at radius 2 is 1.68 bits per heavy atom. The van der Waals surface area contributed by atoms with Gasteiger partial charge in [-0.15, -0.1) is 17.0 Å². The lowest BCUT2D eigenvalue weighted by Crippen LogP contribution is -2.44. The van der Waals surface area contributed by atoms with Crippen LogP contribution in [0, 0.1) is 10.1 Å². The van der Waals surface area contributed by atoms with Gasteiger partial charge in [0, 0.05) is 25.7 Å². The standard InChI is InChI=1S/C20H30N4O3.BrH/c1-21-19-15-17(24(26)27)9-10-18(19)23(16-20(21)25)14-8-4-7-13-22-11-5-2-3-6-12-22;/h9-10,15H,2-8,11-14,16H2,1H3;1H. The fourth-order valence-electron chi connectivity index (χ4n) is 4.02. The number of nitro benzene ring substituents is 1. The number of amides is 1. The van der Waals surface area contributed by atoms with E-state index in [-0.39, 0.29) is 28.6 Å². The minimum Gasteiger partial charge on any atom is -0.361 e. The first-order chi connectivity index (χ1) is 13.1. The van der Waals surface area contributed by atoms with Crippen molar-refractivity contribution in [1.29, 1.82) is 0 Å². The summed E-state index contributed by atoms with van der Waals surface area (Å²) in [4.78, 5) is 29.1. The Balaban J connectivity index is 0.00000280. The van der Waals surface area contributed by atoms with Crippen molar-refractivity contribution in [2.24, 2.45) is 0 Å². The van der Waals surface area contributed by atoms with Crippen molar-refractivity contribution in [2.75, 3.05) is 49.6 Å². The average molecular weight is 455 g/mol. The van der Waals surface area contributed by atoms with Crippen molar-refractivity contribution in [3.63, 3.8) is 0 Å². The van der Waals surface area contributed by atoms with Crippen molar-refractivity contribution >= 4 is 40.0 Å². The molecule has 2 aliphatic rings. The second-order valence-electron chi connectivity index (χ2n) is 7.62. The van der Waals surface area contributed by atoms with Crippen LogP contribution in [0.25, 0.3) is 0 Å². The molecule has 0 aromatic heterocycles. The minimum absolute atomic E-state index is 0. The van der Waals surface area contributed by atoms with Crippen LogP contribution in [-0.4, -0.2) is 55.5 Å². The summed E-state index contributed by atoms with van der Waals surface area (Å²) in [6.45, 7) is 4.79. The number of carbonyl (C=O) groups excluding carboxylic acids is 1. The van der Waals surface area contributed by atoms with E-state index < -0.39 is 4.92 Å². The molecular formula is C20H31BrN4O3. The molecule has 0 aliphatic carbocycles. The number of non-ortho nitro benzene ring substituents is 1. The van der Waals surface area contributed by atoms with E-state index in [4.69, 9.17) is 0 Å². The maximum Gasteiger partial charge on any atom is 0.271 e. The van der Waals surface area contributed by atoms with E-state index in [1.54, 1.807) is 13.1 Å². The molecule has 0 atom stereocenters. The molecular weight excluding hydrogens is 424 g/mol. The number of nitro groups is 1. The maximum absolute atomic E-state index is 12.3. The van der Waals surface area contributed by atoms with Crippen molar-refractivity contribution in [3.8, 4) is 0 Å². The first-order valence-electron chi connectivity index (χ1n) is 10.1. The predicted octanol–water partition coefficient (Wildman–Crippen LogP) is 4.00. The summed E-state index contributed by atoms with van der Waals surface area (Å²) >= 11 is 0. The van der Waals surface area contributed by atoms with Gasteiger partial charge in [0.25, 0.3) is 5.69 Å². The number of hydrogen-bond acceptors (Lipinski definition) is 5. The summed E-state index contributed by atoms with van der Waals surface area (Å²) < 4.78 is 0. The highest BCUT2D eigenvalue weighted by Gasteiger charge is 2.28. The van der Waals surface area contributed by atoms with Crippen LogP contribution in [0.5, 0.6) is 0 Å². The summed E-state index contributed by atoms with van der Waals surface area (Å²) in [5.74, 6) is -0.0208. The summed E-state index contributed by atoms with van der Waals surface area (Å²) in [6.07, 6.45) is 8.74. The van der Waals surface area contributed by atoms with Crippen LogP contribution < -0.4 is 9.80 Å². The van der Waals surface area contributed by atoms with Crippen LogP contribution in [0.3, 0.4) is 0 Å². The number of fused-ring (bicyclic) bond motifs is 1. The summed E-state index contributed by atoms with van der Waals surface area (Å²) in [6, 6.07) is 4.79. The Kier molecular flexibility index (Phi) is 8.69. The zero-order valence-corrected chi connectivity index (χ0v) is 18.4. The quantitative estimate of drug-likeness (QED) is 0.353. The number of benzene rings is 1. The van der Waals surface area contributed by atoms with Crippen LogP contribution in [0.15, 0.2) is 18.2 Å². The highest BCUT2D eigenvalue weighted by atomic mass is 79.9. The molecule has 7 nitrogen and oxygen atoms in total. The average Bonchev–Trinajstić information content (AvgIpc) is 2.93. The van der Waals surface area contributed by atoms with Crippen molar-refractivity contribution in [1.82, 2.24) is 4.90 Å². The number of nitrogens with zero attached hydrogens (tertiary/aromatic N) is 4. The van der Waals surface area contributed by atoms with Gasteiger partial charge in [0.2, 0.25) is 5.91 Å². The third-order valence-corrected chi connectivity index (χ3v) is 5.67. The molecule has 1 fully saturated rings. The molecule has 156 valence electrons. The van der Waals surface area contributed by atoms with Gasteiger partial charge in [-0.05, 0) is 51.4 Å². The molecule has 2 aliphatic heterocycles. The number of halogens is 1. The molecule has 1 amide bonds. The highest BCUT2D eigenvalue weighted by molar-refractivity contribution is 8.93. The smallest absolute Gasteiger partial charge is 0.271 e. The number of likely N-dealkylation sites (N-methyl/N-ethyl adjacent to an activating group) is 1. The van der Waals surface area contributed by atoms with Gasteiger partial charge in [-0.3, -0.25) is 14.9 Å². The lowest BCUT2D eigenvalue weighted by Gasteiger charge is -2.35. The van der Waals surface area contributed by atoms with Crippen LogP contribution in [0.2, 0.25) is 0 Å². The number of likely N-dealkylation sites (tertiary alicyclic amines) is 1. The van der Waals surface area contributed by atoms with Gasteiger partial charge in [-0.2, -0.15) is 0 Å². The Bertz CT molecular complexity index is 677. The number of hydrogen-bond donors (Lipinski definition) is 0. The molecule has 0 saturated carbocycles. The molecule has 0 N–H and O–H groups in total. The molecule has 3 rings (SSSR count). The largest absolute Gasteiger partial charge is 0.361 e. The fraction of sp³-hybridized carbons (Fsp3) is 0.650. The van der Waals surface area contributed by atoms with Gasteiger partial charge in [0.1, 0.15) is 0 Å². The molecule has 2 heterocycles. The van der Waals surface area contributed by atoms with E-state index in [0.29, 0.717) is 12.2 Å². The highest BCUT2D eigenvalue weighted by Crippen LogP contribution is 2.35. The number of carbonyl (C=O) groups is 1. The van der Waals surface area contributed by atoms with Gasteiger partial charge >= 0.3 is 0 Å². The molecule has 28 heavy (non-hydrogen) atoms. The molecule has 1 aromatic rings. The van der Waals surface area contributed by atoms with E-state index in [0.717, 1.165) is 25.1 Å². The van der Waals surface area contributed by atoms with Gasteiger partial charge in [-0.1, -0.05) is 19.3 Å². The second kappa shape index (κ2) is 10.8. The Labute approximate surface area is 177 Å². The SMILES string of the molecule is Br.CN1C(=O)CN(CCCCCN2CCCCCC2)c2ccc([N+](=O)[O-])cc21. The van der Waals surface area contributed by atoms with Crippen LogP contribution in [-0.2, 0) is 4.79 Å². The van der Waals surface area contributed by atoms with E-state index in [1.807, 2.05) is 0 Å². The molecule has 0 spiro atoms. The van der Waals surface area contributed by atoms with Gasteiger partial charge in [0.15, 0.2) is 0 Å². The molecule has 0 unspecified atom stereocenters. The van der Waals surface area contributed by atoms with Crippen LogP contribution in [0.1, 0.15) is 44.9 Å². The zero-order valence-electron chi connectivity index (χ0n) is 16.6. The molecule has 0 radical (unpaired) electrons. The van der Waals surface area contributed by atoms with Gasteiger partial charge in [0.05, 0.1) is 22.8 Å². The Morgan fingerprint density at radius 1 is 1.00 bits per heavy atom. The van der Waals surface area contributed by atoms with Crippen molar-refractivity contribution < 1.29 is 9.72 Å². The summed E-state index contributed by atoms with van der Waals surface area (Å²) in [7, 11) is 1.68. The molecule has 1 saturated heterocycles. The third-order valence-electron chi connectivity index (χ3n) is 5.67. The Hall–Kier alpha value is -1.67. The predicted molar refractivity (Wildman–Crippen MR) is 118 cm³/mol. The second-order valence-corrected chi connectivity index (χ2v) is 7.62. The van der Waals surface area contributed by atoms with Crippen LogP contribution >= 0.6 is 17.0 Å². The topological polar surface area (TPSA) is 69.9 Å². The summed E-state index contributed by atoms with van der Waals surface area (Å²) in [5, 5.41) is 11.0. The number of rotatable bonds is 7. The van der Waals surface area contributed by atoms with Gasteiger partial charge < -0.3 is 14.7 Å². The van der Waals surface area contributed by atoms with Crippen molar-refractivity contribution in [2.45, 2.75) is 44.9 Å². The van der Waals surface area contributed by atoms with E-state index in [1.165, 1.54) is 68.8 Å². The van der Waals surface area contributed by atoms with E-state index in [2.05, 4.69) is 9.80 Å². The summed E-state index contributed by atoms with van der Waals surface area (Å²) in [5.41, 5.74) is 1.56. The normalized spacial score (nSPS) is 17.7. The molecule has 1 aromatic carbocycles. The third kappa shape index (κ3) is 5.67. The van der Waals surface area contributed by atoms with E-state index in [9.17, 15) is 14.9 Å². The lowest BCUT2D eigenvalue weighted by atomic mass is 10.1.